The third-order valence-corrected chi connectivity index (χ3v) is 6.13. The molecule has 0 aromatic heterocycles. The second-order valence-electron chi connectivity index (χ2n) is 6.88. The number of carbonyl (C=O) groups is 1. The van der Waals surface area contributed by atoms with Crippen LogP contribution in [0.1, 0.15) is 11.1 Å². The first kappa shape index (κ1) is 22.5. The summed E-state index contributed by atoms with van der Waals surface area (Å²) in [6.45, 7) is 0.229. The molecule has 1 amide bonds. The van der Waals surface area contributed by atoms with Crippen LogP contribution >= 0.6 is 0 Å². The van der Waals surface area contributed by atoms with E-state index in [4.69, 9.17) is 4.74 Å². The molecule has 1 atom stereocenters. The molecular weight excluding hydrogens is 419 g/mol. The van der Waals surface area contributed by atoms with Crippen LogP contribution < -0.4 is 14.8 Å². The van der Waals surface area contributed by atoms with Crippen LogP contribution in [0.3, 0.4) is 0 Å². The van der Waals surface area contributed by atoms with E-state index < -0.39 is 27.8 Å². The van der Waals surface area contributed by atoms with Crippen LogP contribution in [0.2, 0.25) is 0 Å². The number of rotatable bonds is 9. The third-order valence-electron chi connectivity index (χ3n) is 4.65. The van der Waals surface area contributed by atoms with Crippen LogP contribution in [0.5, 0.6) is 5.75 Å². The zero-order valence-electron chi connectivity index (χ0n) is 16.9. The second kappa shape index (κ2) is 10.2. The summed E-state index contributed by atoms with van der Waals surface area (Å²) in [4.78, 5) is 12.8. The summed E-state index contributed by atoms with van der Waals surface area (Å²) in [5.74, 6) is -0.313. The second-order valence-corrected chi connectivity index (χ2v) is 8.60. The summed E-state index contributed by atoms with van der Waals surface area (Å²) < 4.78 is 46.3. The van der Waals surface area contributed by atoms with E-state index in [-0.39, 0.29) is 17.9 Å². The van der Waals surface area contributed by atoms with E-state index in [1.165, 1.54) is 0 Å². The largest absolute Gasteiger partial charge is 0.497 e. The van der Waals surface area contributed by atoms with Crippen molar-refractivity contribution in [2.24, 2.45) is 0 Å². The topological polar surface area (TPSA) is 84.5 Å². The minimum atomic E-state index is -4.03. The summed E-state index contributed by atoms with van der Waals surface area (Å²) in [7, 11) is -2.46. The zero-order valence-corrected chi connectivity index (χ0v) is 17.7. The molecule has 0 bridgehead atoms. The number of halogens is 1. The van der Waals surface area contributed by atoms with Gasteiger partial charge in [-0.15, -0.1) is 0 Å². The predicted octanol–water partition coefficient (Wildman–Crippen LogP) is 3.04. The first-order valence-corrected chi connectivity index (χ1v) is 11.1. The van der Waals surface area contributed by atoms with Gasteiger partial charge in [0.25, 0.3) is 0 Å². The predicted molar refractivity (Wildman–Crippen MR) is 115 cm³/mol. The maximum absolute atomic E-state index is 13.2. The number of benzene rings is 3. The highest BCUT2D eigenvalue weighted by atomic mass is 32.2. The van der Waals surface area contributed by atoms with Gasteiger partial charge in [-0.1, -0.05) is 42.5 Å². The average molecular weight is 443 g/mol. The van der Waals surface area contributed by atoms with Crippen LogP contribution in [0.4, 0.5) is 4.39 Å². The number of methoxy groups -OCH3 is 1. The first-order chi connectivity index (χ1) is 14.9. The zero-order chi connectivity index (χ0) is 22.3. The molecule has 6 nitrogen and oxygen atoms in total. The van der Waals surface area contributed by atoms with Gasteiger partial charge >= 0.3 is 0 Å². The highest BCUT2D eigenvalue weighted by Gasteiger charge is 2.26. The minimum Gasteiger partial charge on any atom is -0.497 e. The van der Waals surface area contributed by atoms with Crippen LogP contribution in [-0.4, -0.2) is 27.5 Å². The molecular formula is C23H23FN2O4S. The molecule has 0 saturated carbocycles. The quantitative estimate of drug-likeness (QED) is 0.534. The number of hydrogen-bond acceptors (Lipinski definition) is 4. The smallest absolute Gasteiger partial charge is 0.241 e. The van der Waals surface area contributed by atoms with Gasteiger partial charge in [0, 0.05) is 6.54 Å². The Morgan fingerprint density at radius 2 is 1.58 bits per heavy atom. The summed E-state index contributed by atoms with van der Waals surface area (Å²) in [5, 5.41) is 2.77. The van der Waals surface area contributed by atoms with Gasteiger partial charge in [-0.05, 0) is 53.9 Å². The molecule has 3 aromatic carbocycles. The molecule has 0 radical (unpaired) electrons. The molecule has 3 aromatic rings. The van der Waals surface area contributed by atoms with Crippen molar-refractivity contribution < 1.29 is 22.3 Å². The first-order valence-electron chi connectivity index (χ1n) is 9.60. The SMILES string of the molecule is COc1ccc(CNC(=O)C(Cc2ccccc2)NS(=O)(=O)c2ccc(F)cc2)cc1. The van der Waals surface area contributed by atoms with Crippen molar-refractivity contribution in [1.82, 2.24) is 10.0 Å². The molecule has 2 N–H and O–H groups in total. The van der Waals surface area contributed by atoms with Crippen molar-refractivity contribution in [2.45, 2.75) is 23.9 Å². The van der Waals surface area contributed by atoms with E-state index in [0.717, 1.165) is 35.4 Å². The van der Waals surface area contributed by atoms with E-state index in [0.29, 0.717) is 5.75 Å². The van der Waals surface area contributed by atoms with Gasteiger partial charge < -0.3 is 10.1 Å². The summed E-state index contributed by atoms with van der Waals surface area (Å²) >= 11 is 0. The van der Waals surface area contributed by atoms with Crippen molar-refractivity contribution in [3.8, 4) is 5.75 Å². The maximum Gasteiger partial charge on any atom is 0.241 e. The lowest BCUT2D eigenvalue weighted by Gasteiger charge is -2.19. The van der Waals surface area contributed by atoms with Crippen LogP contribution in [-0.2, 0) is 27.8 Å². The molecule has 0 spiro atoms. The molecule has 162 valence electrons. The number of hydrogen-bond donors (Lipinski definition) is 2. The number of sulfonamides is 1. The monoisotopic (exact) mass is 442 g/mol. The van der Waals surface area contributed by atoms with Gasteiger partial charge in [-0.25, -0.2) is 12.8 Å². The minimum absolute atomic E-state index is 0.116. The van der Waals surface area contributed by atoms with Crippen molar-refractivity contribution in [3.05, 3.63) is 95.8 Å². The Morgan fingerprint density at radius 1 is 0.935 bits per heavy atom. The van der Waals surface area contributed by atoms with Crippen LogP contribution in [0, 0.1) is 5.82 Å². The van der Waals surface area contributed by atoms with Gasteiger partial charge in [-0.3, -0.25) is 4.79 Å². The molecule has 3 rings (SSSR count). The van der Waals surface area contributed by atoms with E-state index in [1.54, 1.807) is 19.2 Å². The molecule has 0 fully saturated rings. The fourth-order valence-corrected chi connectivity index (χ4v) is 4.16. The summed E-state index contributed by atoms with van der Waals surface area (Å²) in [5.41, 5.74) is 1.64. The highest BCUT2D eigenvalue weighted by Crippen LogP contribution is 2.14. The molecule has 0 aliphatic rings. The Labute approximate surface area is 181 Å². The molecule has 0 aliphatic heterocycles. The third kappa shape index (κ3) is 6.37. The summed E-state index contributed by atoms with van der Waals surface area (Å²) in [6.07, 6.45) is 0.162. The molecule has 0 aliphatic carbocycles. The van der Waals surface area contributed by atoms with Gasteiger partial charge in [0.15, 0.2) is 0 Å². The molecule has 31 heavy (non-hydrogen) atoms. The van der Waals surface area contributed by atoms with Gasteiger partial charge in [0.05, 0.1) is 12.0 Å². The van der Waals surface area contributed by atoms with Crippen molar-refractivity contribution in [1.29, 1.82) is 0 Å². The molecule has 0 saturated heterocycles. The Morgan fingerprint density at radius 3 is 2.19 bits per heavy atom. The van der Waals surface area contributed by atoms with Crippen LogP contribution in [0.15, 0.2) is 83.8 Å². The van der Waals surface area contributed by atoms with E-state index in [9.17, 15) is 17.6 Å². The number of nitrogens with one attached hydrogen (secondary N) is 2. The molecule has 1 unspecified atom stereocenters. The lowest BCUT2D eigenvalue weighted by Crippen LogP contribution is -2.47. The van der Waals surface area contributed by atoms with Gasteiger partial charge in [0.1, 0.15) is 17.6 Å². The van der Waals surface area contributed by atoms with Gasteiger partial charge in [0.2, 0.25) is 15.9 Å². The molecule has 8 heteroatoms. The highest BCUT2D eigenvalue weighted by molar-refractivity contribution is 7.89. The van der Waals surface area contributed by atoms with Gasteiger partial charge in [-0.2, -0.15) is 4.72 Å². The normalized spacial score (nSPS) is 12.2. The fourth-order valence-electron chi connectivity index (χ4n) is 2.96. The maximum atomic E-state index is 13.2. The Bertz CT molecular complexity index is 1100. The Kier molecular flexibility index (Phi) is 7.38. The Hall–Kier alpha value is -3.23. The van der Waals surface area contributed by atoms with Crippen LogP contribution in [0.25, 0.3) is 0 Å². The van der Waals surface area contributed by atoms with Crippen molar-refractivity contribution >= 4 is 15.9 Å². The average Bonchev–Trinajstić information content (AvgIpc) is 2.78. The fraction of sp³-hybridized carbons (Fsp3) is 0.174. The van der Waals surface area contributed by atoms with E-state index in [1.807, 2.05) is 42.5 Å². The van der Waals surface area contributed by atoms with E-state index in [2.05, 4.69) is 10.0 Å². The lowest BCUT2D eigenvalue weighted by atomic mass is 10.1. The lowest BCUT2D eigenvalue weighted by molar-refractivity contribution is -0.122. The standard InChI is InChI=1S/C23H23FN2O4S/c1-30-20-11-7-18(8-12-20)16-25-23(27)22(15-17-5-3-2-4-6-17)26-31(28,29)21-13-9-19(24)10-14-21/h2-14,22,26H,15-16H2,1H3,(H,25,27). The number of amides is 1. The van der Waals surface area contributed by atoms with E-state index >= 15 is 0 Å². The Balaban J connectivity index is 1.76. The number of carbonyl (C=O) groups excluding carboxylic acids is 1. The molecule has 0 heterocycles. The number of ether oxygens (including phenoxy) is 1. The summed E-state index contributed by atoms with van der Waals surface area (Å²) in [6, 6.07) is 19.7. The van der Waals surface area contributed by atoms with Crippen molar-refractivity contribution in [2.75, 3.05) is 7.11 Å². The van der Waals surface area contributed by atoms with Crippen molar-refractivity contribution in [3.63, 3.8) is 0 Å².